The molecule has 0 saturated heterocycles. The van der Waals surface area contributed by atoms with Crippen LogP contribution in [0.1, 0.15) is 86.6 Å². The van der Waals surface area contributed by atoms with Crippen molar-refractivity contribution < 1.29 is 14.1 Å². The fourth-order valence-electron chi connectivity index (χ4n) is 4.40. The number of hydrogen-bond acceptors (Lipinski definition) is 7. The van der Waals surface area contributed by atoms with Gasteiger partial charge >= 0.3 is 0 Å². The van der Waals surface area contributed by atoms with Crippen LogP contribution >= 0.6 is 11.3 Å². The summed E-state index contributed by atoms with van der Waals surface area (Å²) in [7, 11) is 0. The Kier molecular flexibility index (Phi) is 5.50. The molecule has 0 aromatic carbocycles. The predicted molar refractivity (Wildman–Crippen MR) is 121 cm³/mol. The molecule has 1 aliphatic carbocycles. The van der Waals surface area contributed by atoms with Crippen LogP contribution in [0.3, 0.4) is 0 Å². The number of aromatic amines is 1. The SMILES string of the molecule is CC(C)c1cc(C(=O)N2CCc3onc(C(=O)Nc4sc5c(c4C#N)CCCC5)c3C2)n[nH]1. The van der Waals surface area contributed by atoms with E-state index in [-0.39, 0.29) is 24.1 Å². The van der Waals surface area contributed by atoms with Gasteiger partial charge in [0.05, 0.1) is 12.1 Å². The number of aromatic nitrogens is 3. The molecular formula is C23H24N6O3S. The van der Waals surface area contributed by atoms with Gasteiger partial charge in [-0.25, -0.2) is 0 Å². The highest BCUT2D eigenvalue weighted by Gasteiger charge is 2.32. The number of nitrogens with zero attached hydrogens (tertiary/aromatic N) is 4. The van der Waals surface area contributed by atoms with E-state index in [1.54, 1.807) is 11.0 Å². The molecule has 0 saturated carbocycles. The lowest BCUT2D eigenvalue weighted by Crippen LogP contribution is -2.36. The van der Waals surface area contributed by atoms with Crippen molar-refractivity contribution in [1.29, 1.82) is 5.26 Å². The molecule has 3 aromatic heterocycles. The van der Waals surface area contributed by atoms with Crippen LogP contribution in [0.4, 0.5) is 5.00 Å². The van der Waals surface area contributed by atoms with Crippen molar-refractivity contribution in [2.75, 3.05) is 11.9 Å². The molecule has 2 amide bonds. The number of anilines is 1. The number of carbonyl (C=O) groups is 2. The minimum absolute atomic E-state index is 0.155. The van der Waals surface area contributed by atoms with Crippen LogP contribution in [0.2, 0.25) is 0 Å². The maximum Gasteiger partial charge on any atom is 0.278 e. The van der Waals surface area contributed by atoms with Gasteiger partial charge in [-0.05, 0) is 43.2 Å². The van der Waals surface area contributed by atoms with E-state index >= 15 is 0 Å². The van der Waals surface area contributed by atoms with Gasteiger partial charge in [0.1, 0.15) is 22.5 Å². The van der Waals surface area contributed by atoms with Crippen molar-refractivity contribution in [2.24, 2.45) is 0 Å². The van der Waals surface area contributed by atoms with Gasteiger partial charge in [0.15, 0.2) is 5.69 Å². The lowest BCUT2D eigenvalue weighted by atomic mass is 9.96. The standard InChI is InChI=1S/C23H24N6O3S/c1-12(2)16-9-17(27-26-16)23(31)29-8-7-18-15(11-29)20(28-32-18)21(30)25-22-14(10-24)13-5-3-4-6-19(13)33-22/h9,12H,3-8,11H2,1-2H3,(H,25,30)(H,26,27). The number of nitrogens with one attached hydrogen (secondary N) is 2. The smallest absolute Gasteiger partial charge is 0.278 e. The minimum Gasteiger partial charge on any atom is -0.360 e. The molecule has 2 N–H and O–H groups in total. The second-order valence-electron chi connectivity index (χ2n) is 8.75. The van der Waals surface area contributed by atoms with Gasteiger partial charge in [-0.2, -0.15) is 10.4 Å². The molecule has 5 rings (SSSR count). The topological polar surface area (TPSA) is 128 Å². The number of H-pyrrole nitrogens is 1. The molecule has 170 valence electrons. The monoisotopic (exact) mass is 464 g/mol. The Balaban J connectivity index is 1.36. The highest BCUT2D eigenvalue weighted by Crippen LogP contribution is 2.38. The number of nitriles is 1. The number of carbonyl (C=O) groups excluding carboxylic acids is 2. The Hall–Kier alpha value is -3.45. The summed E-state index contributed by atoms with van der Waals surface area (Å²) in [5, 5.41) is 24.2. The van der Waals surface area contributed by atoms with E-state index in [0.29, 0.717) is 40.5 Å². The van der Waals surface area contributed by atoms with Gasteiger partial charge in [0.25, 0.3) is 11.8 Å². The minimum atomic E-state index is -0.425. The highest BCUT2D eigenvalue weighted by molar-refractivity contribution is 7.16. The van der Waals surface area contributed by atoms with Gasteiger partial charge in [0.2, 0.25) is 0 Å². The zero-order valence-electron chi connectivity index (χ0n) is 18.5. The number of rotatable bonds is 4. The van der Waals surface area contributed by atoms with Crippen LogP contribution in [-0.4, -0.2) is 38.6 Å². The highest BCUT2D eigenvalue weighted by atomic mass is 32.1. The largest absolute Gasteiger partial charge is 0.360 e. The van der Waals surface area contributed by atoms with Crippen molar-refractivity contribution in [1.82, 2.24) is 20.3 Å². The fraction of sp³-hybridized carbons (Fsp3) is 0.435. The summed E-state index contributed by atoms with van der Waals surface area (Å²) in [4.78, 5) is 28.9. The molecule has 0 fully saturated rings. The van der Waals surface area contributed by atoms with E-state index in [4.69, 9.17) is 4.52 Å². The van der Waals surface area contributed by atoms with Crippen LogP contribution < -0.4 is 5.32 Å². The van der Waals surface area contributed by atoms with Gasteiger partial charge in [-0.1, -0.05) is 19.0 Å². The summed E-state index contributed by atoms with van der Waals surface area (Å²) in [6, 6.07) is 4.03. The zero-order chi connectivity index (χ0) is 23.1. The van der Waals surface area contributed by atoms with Gasteiger partial charge in [-0.3, -0.25) is 14.7 Å². The first-order valence-corrected chi connectivity index (χ1v) is 12.0. The fourth-order valence-corrected chi connectivity index (χ4v) is 5.63. The molecular weight excluding hydrogens is 440 g/mol. The third-order valence-corrected chi connectivity index (χ3v) is 7.49. The number of amides is 2. The van der Waals surface area contributed by atoms with E-state index in [1.807, 2.05) is 13.8 Å². The molecule has 3 aromatic rings. The molecule has 0 bridgehead atoms. The van der Waals surface area contributed by atoms with E-state index in [1.165, 1.54) is 16.2 Å². The van der Waals surface area contributed by atoms with E-state index < -0.39 is 5.91 Å². The van der Waals surface area contributed by atoms with Crippen LogP contribution in [0.5, 0.6) is 0 Å². The Labute approximate surface area is 194 Å². The summed E-state index contributed by atoms with van der Waals surface area (Å²) >= 11 is 1.47. The van der Waals surface area contributed by atoms with E-state index in [2.05, 4.69) is 26.7 Å². The quantitative estimate of drug-likeness (QED) is 0.605. The normalized spacial score (nSPS) is 15.2. The molecule has 0 radical (unpaired) electrons. The van der Waals surface area contributed by atoms with Crippen LogP contribution in [0, 0.1) is 11.3 Å². The summed E-state index contributed by atoms with van der Waals surface area (Å²) in [6.07, 6.45) is 4.43. The third kappa shape index (κ3) is 3.82. The Morgan fingerprint density at radius 3 is 2.85 bits per heavy atom. The van der Waals surface area contributed by atoms with Gasteiger partial charge in [-0.15, -0.1) is 11.3 Å². The van der Waals surface area contributed by atoms with Crippen molar-refractivity contribution in [2.45, 2.75) is 58.4 Å². The van der Waals surface area contributed by atoms with E-state index in [9.17, 15) is 14.9 Å². The summed E-state index contributed by atoms with van der Waals surface area (Å²) in [5.74, 6) is 0.224. The Bertz CT molecular complexity index is 1280. The maximum atomic E-state index is 13.1. The summed E-state index contributed by atoms with van der Waals surface area (Å²) in [5.41, 5.74) is 3.62. The molecule has 10 heteroatoms. The van der Waals surface area contributed by atoms with Crippen molar-refractivity contribution >= 4 is 28.2 Å². The third-order valence-electron chi connectivity index (χ3n) is 6.28. The van der Waals surface area contributed by atoms with Crippen molar-refractivity contribution in [3.05, 3.63) is 50.5 Å². The lowest BCUT2D eigenvalue weighted by molar-refractivity contribution is 0.0721. The van der Waals surface area contributed by atoms with E-state index in [0.717, 1.165) is 36.9 Å². The molecule has 0 atom stereocenters. The number of thiophene rings is 1. The Morgan fingerprint density at radius 2 is 2.09 bits per heavy atom. The Morgan fingerprint density at radius 1 is 1.27 bits per heavy atom. The second-order valence-corrected chi connectivity index (χ2v) is 9.86. The molecule has 0 unspecified atom stereocenters. The first-order chi connectivity index (χ1) is 16.0. The van der Waals surface area contributed by atoms with Gasteiger partial charge in [0, 0.05) is 29.1 Å². The predicted octanol–water partition coefficient (Wildman–Crippen LogP) is 3.78. The summed E-state index contributed by atoms with van der Waals surface area (Å²) < 4.78 is 5.42. The van der Waals surface area contributed by atoms with Crippen LogP contribution in [-0.2, 0) is 25.8 Å². The average molecular weight is 465 g/mol. The molecule has 4 heterocycles. The summed E-state index contributed by atoms with van der Waals surface area (Å²) in [6.45, 7) is 4.73. The average Bonchev–Trinajstić information content (AvgIpc) is 3.54. The van der Waals surface area contributed by atoms with Gasteiger partial charge < -0.3 is 14.7 Å². The number of fused-ring (bicyclic) bond motifs is 2. The molecule has 33 heavy (non-hydrogen) atoms. The lowest BCUT2D eigenvalue weighted by Gasteiger charge is -2.25. The molecule has 9 nitrogen and oxygen atoms in total. The maximum absolute atomic E-state index is 13.1. The molecule has 2 aliphatic rings. The van der Waals surface area contributed by atoms with Crippen molar-refractivity contribution in [3.63, 3.8) is 0 Å². The second kappa shape index (κ2) is 8.48. The molecule has 1 aliphatic heterocycles. The molecule has 0 spiro atoms. The number of hydrogen-bond donors (Lipinski definition) is 2. The van der Waals surface area contributed by atoms with Crippen LogP contribution in [0.25, 0.3) is 0 Å². The van der Waals surface area contributed by atoms with Crippen LogP contribution in [0.15, 0.2) is 10.6 Å². The first kappa shape index (κ1) is 21.4. The van der Waals surface area contributed by atoms with Crippen molar-refractivity contribution in [3.8, 4) is 6.07 Å². The zero-order valence-corrected chi connectivity index (χ0v) is 19.3. The first-order valence-electron chi connectivity index (χ1n) is 11.1. The number of aryl methyl sites for hydroxylation is 1.